The Bertz CT molecular complexity index is 723. The molecule has 1 aliphatic heterocycles. The van der Waals surface area contributed by atoms with Gasteiger partial charge in [-0.05, 0) is 25.1 Å². The molecule has 2 aromatic rings. The largest absolute Gasteiger partial charge is 0.387 e. The highest BCUT2D eigenvalue weighted by Gasteiger charge is 2.21. The van der Waals surface area contributed by atoms with E-state index < -0.39 is 6.10 Å². The lowest BCUT2D eigenvalue weighted by Crippen LogP contribution is -2.34. The molecule has 7 nitrogen and oxygen atoms in total. The Balaban J connectivity index is 1.83. The summed E-state index contributed by atoms with van der Waals surface area (Å²) in [4.78, 5) is 20.2. The highest BCUT2D eigenvalue weighted by molar-refractivity contribution is 5.92. The monoisotopic (exact) mass is 315 g/mol. The van der Waals surface area contributed by atoms with Crippen molar-refractivity contribution in [2.75, 3.05) is 25.5 Å². The second-order valence-electron chi connectivity index (χ2n) is 5.96. The Morgan fingerprint density at radius 1 is 1.35 bits per heavy atom. The summed E-state index contributed by atoms with van der Waals surface area (Å²) in [7, 11) is 3.43. The number of aromatic nitrogens is 3. The molecule has 0 saturated heterocycles. The molecule has 1 amide bonds. The smallest absolute Gasteiger partial charge is 0.272 e. The van der Waals surface area contributed by atoms with Gasteiger partial charge in [0.15, 0.2) is 0 Å². The van der Waals surface area contributed by atoms with Crippen LogP contribution in [-0.4, -0.2) is 51.3 Å². The summed E-state index contributed by atoms with van der Waals surface area (Å²) >= 11 is 0. The van der Waals surface area contributed by atoms with Crippen molar-refractivity contribution in [3.63, 3.8) is 0 Å². The standard InChI is InChI=1S/C16H21N5O2/c1-11(22)14-9-12-10-20(7-8-21(12)18-14)15-6-4-5-13(17-15)16(23)19(2)3/h4-6,9,11,22H,7-8,10H2,1-3H3/t11-/m1/s1. The average molecular weight is 315 g/mol. The molecule has 1 aliphatic rings. The topological polar surface area (TPSA) is 74.5 Å². The molecule has 0 bridgehead atoms. The van der Waals surface area contributed by atoms with Crippen LogP contribution in [0, 0.1) is 0 Å². The third kappa shape index (κ3) is 3.05. The van der Waals surface area contributed by atoms with E-state index in [2.05, 4.69) is 15.0 Å². The van der Waals surface area contributed by atoms with Gasteiger partial charge in [-0.25, -0.2) is 4.98 Å². The number of pyridine rings is 1. The quantitative estimate of drug-likeness (QED) is 0.916. The zero-order chi connectivity index (χ0) is 16.6. The van der Waals surface area contributed by atoms with Gasteiger partial charge >= 0.3 is 0 Å². The van der Waals surface area contributed by atoms with Crippen molar-refractivity contribution >= 4 is 11.7 Å². The van der Waals surface area contributed by atoms with Crippen molar-refractivity contribution in [3.05, 3.63) is 41.3 Å². The van der Waals surface area contributed by atoms with Gasteiger partial charge in [-0.2, -0.15) is 5.10 Å². The molecule has 23 heavy (non-hydrogen) atoms. The number of rotatable bonds is 3. The van der Waals surface area contributed by atoms with Crippen molar-refractivity contribution in [3.8, 4) is 0 Å². The van der Waals surface area contributed by atoms with Crippen LogP contribution in [0.15, 0.2) is 24.3 Å². The van der Waals surface area contributed by atoms with E-state index in [-0.39, 0.29) is 5.91 Å². The summed E-state index contributed by atoms with van der Waals surface area (Å²) in [6, 6.07) is 7.41. The van der Waals surface area contributed by atoms with Crippen LogP contribution in [0.25, 0.3) is 0 Å². The highest BCUT2D eigenvalue weighted by atomic mass is 16.3. The highest BCUT2D eigenvalue weighted by Crippen LogP contribution is 2.22. The molecule has 2 aromatic heterocycles. The maximum absolute atomic E-state index is 12.1. The molecular formula is C16H21N5O2. The van der Waals surface area contributed by atoms with Crippen LogP contribution in [0.2, 0.25) is 0 Å². The Labute approximate surface area is 135 Å². The lowest BCUT2D eigenvalue weighted by Gasteiger charge is -2.28. The first-order valence-corrected chi connectivity index (χ1v) is 7.64. The summed E-state index contributed by atoms with van der Waals surface area (Å²) in [6.45, 7) is 3.87. The second kappa shape index (κ2) is 6.00. The molecule has 122 valence electrons. The van der Waals surface area contributed by atoms with E-state index in [4.69, 9.17) is 0 Å². The summed E-state index contributed by atoms with van der Waals surface area (Å²) in [5, 5.41) is 14.1. The van der Waals surface area contributed by atoms with Gasteiger partial charge in [-0.1, -0.05) is 6.07 Å². The van der Waals surface area contributed by atoms with E-state index in [9.17, 15) is 9.90 Å². The number of anilines is 1. The van der Waals surface area contributed by atoms with Gasteiger partial charge in [0.25, 0.3) is 5.91 Å². The summed E-state index contributed by atoms with van der Waals surface area (Å²) in [5.41, 5.74) is 2.17. The van der Waals surface area contributed by atoms with Gasteiger partial charge in [0.2, 0.25) is 0 Å². The maximum Gasteiger partial charge on any atom is 0.272 e. The lowest BCUT2D eigenvalue weighted by atomic mass is 10.2. The normalized spacial score (nSPS) is 15.2. The van der Waals surface area contributed by atoms with Crippen LogP contribution in [-0.2, 0) is 13.1 Å². The van der Waals surface area contributed by atoms with Gasteiger partial charge in [-0.15, -0.1) is 0 Å². The summed E-state index contributed by atoms with van der Waals surface area (Å²) in [5.74, 6) is 0.675. The fourth-order valence-corrected chi connectivity index (χ4v) is 2.64. The fraction of sp³-hybridized carbons (Fsp3) is 0.438. The molecular weight excluding hydrogens is 294 g/mol. The van der Waals surface area contributed by atoms with Crippen molar-refractivity contribution in [1.82, 2.24) is 19.7 Å². The van der Waals surface area contributed by atoms with Gasteiger partial charge in [0.05, 0.1) is 30.6 Å². The number of hydrogen-bond donors (Lipinski definition) is 1. The molecule has 0 aromatic carbocycles. The Morgan fingerprint density at radius 2 is 2.13 bits per heavy atom. The Kier molecular flexibility index (Phi) is 4.04. The molecule has 0 unspecified atom stereocenters. The Hall–Kier alpha value is -2.41. The number of nitrogens with zero attached hydrogens (tertiary/aromatic N) is 5. The number of aliphatic hydroxyl groups is 1. The number of carbonyl (C=O) groups excluding carboxylic acids is 1. The molecule has 1 N–H and O–H groups in total. The van der Waals surface area contributed by atoms with Crippen molar-refractivity contribution in [2.45, 2.75) is 26.1 Å². The van der Waals surface area contributed by atoms with Crippen LogP contribution in [0.1, 0.15) is 34.9 Å². The minimum Gasteiger partial charge on any atom is -0.387 e. The van der Waals surface area contributed by atoms with Crippen molar-refractivity contribution < 1.29 is 9.90 Å². The first-order valence-electron chi connectivity index (χ1n) is 7.64. The first-order chi connectivity index (χ1) is 11.0. The molecule has 0 saturated carbocycles. The van der Waals surface area contributed by atoms with Crippen molar-refractivity contribution in [1.29, 1.82) is 0 Å². The molecule has 3 heterocycles. The third-order valence-corrected chi connectivity index (χ3v) is 3.93. The molecule has 1 atom stereocenters. The van der Waals surface area contributed by atoms with Crippen LogP contribution in [0.5, 0.6) is 0 Å². The van der Waals surface area contributed by atoms with E-state index in [0.717, 1.165) is 24.6 Å². The van der Waals surface area contributed by atoms with Gasteiger partial charge in [-0.3, -0.25) is 9.48 Å². The van der Waals surface area contributed by atoms with Gasteiger partial charge in [0.1, 0.15) is 11.5 Å². The summed E-state index contributed by atoms with van der Waals surface area (Å²) in [6.07, 6.45) is -0.569. The minimum absolute atomic E-state index is 0.106. The molecule has 0 aliphatic carbocycles. The molecule has 0 spiro atoms. The van der Waals surface area contributed by atoms with Gasteiger partial charge in [0, 0.05) is 20.6 Å². The first kappa shape index (κ1) is 15.5. The Morgan fingerprint density at radius 3 is 2.83 bits per heavy atom. The molecule has 3 rings (SSSR count). The predicted molar refractivity (Wildman–Crippen MR) is 86.2 cm³/mol. The van der Waals surface area contributed by atoms with Gasteiger partial charge < -0.3 is 14.9 Å². The van der Waals surface area contributed by atoms with E-state index in [1.54, 1.807) is 27.1 Å². The SMILES string of the molecule is C[C@@H](O)c1cc2n(n1)CCN(c1cccc(C(=O)N(C)C)n1)C2. The lowest BCUT2D eigenvalue weighted by molar-refractivity contribution is 0.0822. The van der Waals surface area contributed by atoms with Crippen LogP contribution in [0.3, 0.4) is 0 Å². The third-order valence-electron chi connectivity index (χ3n) is 3.93. The minimum atomic E-state index is -0.569. The van der Waals surface area contributed by atoms with E-state index in [1.165, 1.54) is 4.90 Å². The summed E-state index contributed by atoms with van der Waals surface area (Å²) < 4.78 is 1.92. The van der Waals surface area contributed by atoms with E-state index in [0.29, 0.717) is 17.9 Å². The molecule has 7 heteroatoms. The van der Waals surface area contributed by atoms with E-state index >= 15 is 0 Å². The zero-order valence-corrected chi connectivity index (χ0v) is 13.6. The molecule has 0 fully saturated rings. The number of aliphatic hydroxyl groups excluding tert-OH is 1. The maximum atomic E-state index is 12.1. The van der Waals surface area contributed by atoms with Crippen molar-refractivity contribution in [2.24, 2.45) is 0 Å². The average Bonchev–Trinajstić information content (AvgIpc) is 2.97. The molecule has 0 radical (unpaired) electrons. The van der Waals surface area contributed by atoms with Crippen LogP contribution in [0.4, 0.5) is 5.82 Å². The zero-order valence-electron chi connectivity index (χ0n) is 13.6. The number of fused-ring (bicyclic) bond motifs is 1. The van der Waals surface area contributed by atoms with Crippen LogP contribution >= 0.6 is 0 Å². The number of hydrogen-bond acceptors (Lipinski definition) is 5. The van der Waals surface area contributed by atoms with Crippen LogP contribution < -0.4 is 4.90 Å². The second-order valence-corrected chi connectivity index (χ2v) is 5.96. The van der Waals surface area contributed by atoms with E-state index in [1.807, 2.05) is 22.9 Å². The number of carbonyl (C=O) groups is 1. The number of amides is 1. The fourth-order valence-electron chi connectivity index (χ4n) is 2.64. The predicted octanol–water partition coefficient (Wildman–Crippen LogP) is 1.05.